The van der Waals surface area contributed by atoms with Gasteiger partial charge in [-0.1, -0.05) is 32.3 Å². The van der Waals surface area contributed by atoms with Crippen LogP contribution in [0.15, 0.2) is 34.9 Å². The third kappa shape index (κ3) is 3.21. The van der Waals surface area contributed by atoms with E-state index in [0.29, 0.717) is 11.8 Å². The van der Waals surface area contributed by atoms with Gasteiger partial charge in [0.25, 0.3) is 0 Å². The second-order valence-corrected chi connectivity index (χ2v) is 8.30. The highest BCUT2D eigenvalue weighted by Crippen LogP contribution is 2.48. The summed E-state index contributed by atoms with van der Waals surface area (Å²) in [6.45, 7) is 2.33. The van der Waals surface area contributed by atoms with Crippen LogP contribution in [0.1, 0.15) is 63.4 Å². The molecule has 0 radical (unpaired) electrons. The van der Waals surface area contributed by atoms with Gasteiger partial charge in [-0.25, -0.2) is 0 Å². The predicted octanol–water partition coefficient (Wildman–Crippen LogP) is 5.84. The van der Waals surface area contributed by atoms with E-state index in [1.54, 1.807) is 6.26 Å². The van der Waals surface area contributed by atoms with Crippen molar-refractivity contribution >= 4 is 16.9 Å². The third-order valence-corrected chi connectivity index (χ3v) is 6.80. The van der Waals surface area contributed by atoms with Crippen molar-refractivity contribution < 1.29 is 14.3 Å². The minimum Gasteiger partial charge on any atom is -0.481 e. The van der Waals surface area contributed by atoms with Crippen molar-refractivity contribution in [2.45, 2.75) is 57.8 Å². The summed E-state index contributed by atoms with van der Waals surface area (Å²) >= 11 is 0. The minimum absolute atomic E-state index is 0.134. The molecule has 3 heteroatoms. The summed E-state index contributed by atoms with van der Waals surface area (Å²) in [5.41, 5.74) is 2.06. The molecule has 0 spiro atoms. The van der Waals surface area contributed by atoms with E-state index in [-0.39, 0.29) is 11.8 Å². The van der Waals surface area contributed by atoms with Gasteiger partial charge < -0.3 is 9.52 Å². The topological polar surface area (TPSA) is 50.4 Å². The molecule has 2 aliphatic carbocycles. The van der Waals surface area contributed by atoms with E-state index < -0.39 is 5.97 Å². The first-order chi connectivity index (χ1) is 12.1. The number of carbonyl (C=O) groups is 1. The molecule has 2 aliphatic rings. The van der Waals surface area contributed by atoms with Gasteiger partial charge in [-0.15, -0.1) is 0 Å². The monoisotopic (exact) mass is 340 g/mol. The Balaban J connectivity index is 1.63. The molecule has 1 N–H and O–H groups in total. The predicted molar refractivity (Wildman–Crippen MR) is 98.5 cm³/mol. The maximum atomic E-state index is 12.3. The van der Waals surface area contributed by atoms with Crippen LogP contribution in [0.2, 0.25) is 0 Å². The third-order valence-electron chi connectivity index (χ3n) is 6.80. The molecular formula is C22H28O3. The molecule has 3 nitrogen and oxygen atoms in total. The van der Waals surface area contributed by atoms with Gasteiger partial charge in [-0.05, 0) is 73.1 Å². The molecule has 2 fully saturated rings. The zero-order chi connectivity index (χ0) is 17.4. The zero-order valence-corrected chi connectivity index (χ0v) is 15.0. The lowest BCUT2D eigenvalue weighted by molar-refractivity contribution is -0.147. The molecule has 1 aromatic carbocycles. The van der Waals surface area contributed by atoms with E-state index in [4.69, 9.17) is 4.42 Å². The van der Waals surface area contributed by atoms with Crippen molar-refractivity contribution in [2.75, 3.05) is 0 Å². The van der Waals surface area contributed by atoms with Gasteiger partial charge in [0.2, 0.25) is 0 Å². The van der Waals surface area contributed by atoms with Gasteiger partial charge in [0.05, 0.1) is 12.2 Å². The van der Waals surface area contributed by atoms with E-state index in [9.17, 15) is 9.90 Å². The number of hydrogen-bond donors (Lipinski definition) is 1. The van der Waals surface area contributed by atoms with Gasteiger partial charge in [-0.3, -0.25) is 4.79 Å². The van der Waals surface area contributed by atoms with Gasteiger partial charge in [0.1, 0.15) is 5.58 Å². The molecule has 134 valence electrons. The molecule has 0 bridgehead atoms. The van der Waals surface area contributed by atoms with Crippen LogP contribution >= 0.6 is 0 Å². The summed E-state index contributed by atoms with van der Waals surface area (Å²) in [5.74, 6) is 1.04. The van der Waals surface area contributed by atoms with Crippen LogP contribution in [-0.4, -0.2) is 11.1 Å². The fourth-order valence-corrected chi connectivity index (χ4v) is 5.42. The van der Waals surface area contributed by atoms with Gasteiger partial charge in [0, 0.05) is 5.39 Å². The number of carboxylic acids is 1. The number of benzene rings is 1. The molecule has 2 aromatic rings. The lowest BCUT2D eigenvalue weighted by Crippen LogP contribution is -2.38. The molecular weight excluding hydrogens is 312 g/mol. The van der Waals surface area contributed by atoms with Crippen LogP contribution in [0.4, 0.5) is 0 Å². The van der Waals surface area contributed by atoms with Crippen LogP contribution in [0.3, 0.4) is 0 Å². The summed E-state index contributed by atoms with van der Waals surface area (Å²) in [4.78, 5) is 12.3. The van der Waals surface area contributed by atoms with E-state index in [0.717, 1.165) is 36.1 Å². The highest BCUT2D eigenvalue weighted by Gasteiger charge is 2.43. The Hall–Kier alpha value is -1.77. The number of fused-ring (bicyclic) bond motifs is 1. The van der Waals surface area contributed by atoms with Crippen LogP contribution in [0.25, 0.3) is 11.0 Å². The molecule has 3 atom stereocenters. The van der Waals surface area contributed by atoms with Crippen LogP contribution in [-0.2, 0) is 4.79 Å². The molecule has 25 heavy (non-hydrogen) atoms. The summed E-state index contributed by atoms with van der Waals surface area (Å²) in [7, 11) is 0. The fourth-order valence-electron chi connectivity index (χ4n) is 5.42. The molecule has 4 rings (SSSR count). The van der Waals surface area contributed by atoms with Crippen molar-refractivity contribution in [3.8, 4) is 0 Å². The summed E-state index contributed by atoms with van der Waals surface area (Å²) < 4.78 is 5.44. The lowest BCUT2D eigenvalue weighted by atomic mass is 9.62. The van der Waals surface area contributed by atoms with Crippen molar-refractivity contribution in [3.05, 3.63) is 36.1 Å². The maximum absolute atomic E-state index is 12.3. The number of carboxylic acid groups (broad SMARTS) is 1. The Labute approximate surface area is 149 Å². The maximum Gasteiger partial charge on any atom is 0.307 e. The van der Waals surface area contributed by atoms with E-state index >= 15 is 0 Å². The molecule has 1 heterocycles. The van der Waals surface area contributed by atoms with E-state index in [1.807, 2.05) is 12.1 Å². The lowest BCUT2D eigenvalue weighted by Gasteiger charge is -2.42. The second kappa shape index (κ2) is 6.86. The average molecular weight is 340 g/mol. The number of aliphatic carboxylic acids is 1. The Bertz CT molecular complexity index is 739. The Kier molecular flexibility index (Phi) is 4.58. The highest BCUT2D eigenvalue weighted by atomic mass is 16.4. The summed E-state index contributed by atoms with van der Waals surface area (Å²) in [6.07, 6.45) is 9.87. The Morgan fingerprint density at radius 2 is 1.88 bits per heavy atom. The first kappa shape index (κ1) is 16.7. The standard InChI is InChI=1S/C22H28O3/c1-14-5-7-15(8-6-14)18-3-2-4-19(21(18)22(23)24)16-9-10-20-17(13-16)11-12-25-20/h9-15,18-19,21H,2-8H2,1H3,(H,23,24)/t14?,15?,18?,19?,21-/m1/s1. The summed E-state index contributed by atoms with van der Waals surface area (Å²) in [5, 5.41) is 11.2. The van der Waals surface area contributed by atoms with Gasteiger partial charge >= 0.3 is 5.97 Å². The first-order valence-corrected chi connectivity index (χ1v) is 9.83. The number of rotatable bonds is 3. The fraction of sp³-hybridized carbons (Fsp3) is 0.591. The van der Waals surface area contributed by atoms with Crippen LogP contribution in [0, 0.1) is 23.7 Å². The molecule has 2 unspecified atom stereocenters. The second-order valence-electron chi connectivity index (χ2n) is 8.30. The zero-order valence-electron chi connectivity index (χ0n) is 15.0. The van der Waals surface area contributed by atoms with E-state index in [2.05, 4.69) is 19.1 Å². The molecule has 1 aromatic heterocycles. The highest BCUT2D eigenvalue weighted by molar-refractivity contribution is 5.78. The van der Waals surface area contributed by atoms with Crippen molar-refractivity contribution in [2.24, 2.45) is 23.7 Å². The Morgan fingerprint density at radius 1 is 1.08 bits per heavy atom. The SMILES string of the molecule is CC1CCC(C2CCCC(c3ccc4occc4c3)[C@@H]2C(=O)O)CC1. The van der Waals surface area contributed by atoms with E-state index in [1.165, 1.54) is 31.2 Å². The number of hydrogen-bond acceptors (Lipinski definition) is 2. The normalized spacial score (nSPS) is 33.4. The summed E-state index contributed by atoms with van der Waals surface area (Å²) in [6, 6.07) is 8.19. The number of furan rings is 1. The van der Waals surface area contributed by atoms with Gasteiger partial charge in [-0.2, -0.15) is 0 Å². The van der Waals surface area contributed by atoms with Crippen molar-refractivity contribution in [1.82, 2.24) is 0 Å². The van der Waals surface area contributed by atoms with Crippen LogP contribution < -0.4 is 0 Å². The largest absolute Gasteiger partial charge is 0.481 e. The van der Waals surface area contributed by atoms with Gasteiger partial charge in [0.15, 0.2) is 0 Å². The van der Waals surface area contributed by atoms with Crippen LogP contribution in [0.5, 0.6) is 0 Å². The van der Waals surface area contributed by atoms with Crippen molar-refractivity contribution in [1.29, 1.82) is 0 Å². The van der Waals surface area contributed by atoms with Crippen molar-refractivity contribution in [3.63, 3.8) is 0 Å². The smallest absolute Gasteiger partial charge is 0.307 e. The Morgan fingerprint density at radius 3 is 2.64 bits per heavy atom. The molecule has 0 amide bonds. The molecule has 0 aliphatic heterocycles. The molecule has 2 saturated carbocycles. The first-order valence-electron chi connectivity index (χ1n) is 9.83. The molecule has 0 saturated heterocycles. The average Bonchev–Trinajstić information content (AvgIpc) is 3.09. The quantitative estimate of drug-likeness (QED) is 0.763. The minimum atomic E-state index is -0.597.